The molecule has 1 aliphatic heterocycles. The van der Waals surface area contributed by atoms with Gasteiger partial charge >= 0.3 is 5.76 Å². The fourth-order valence-corrected chi connectivity index (χ4v) is 3.66. The van der Waals surface area contributed by atoms with Crippen LogP contribution in [0.1, 0.15) is 17.9 Å². The average molecular weight is 364 g/mol. The summed E-state index contributed by atoms with van der Waals surface area (Å²) in [5.41, 5.74) is 2.59. The lowest BCUT2D eigenvalue weighted by Gasteiger charge is -2.24. The molecule has 4 rings (SSSR count). The number of likely N-dealkylation sites (N-methyl/N-ethyl adjacent to an activating group) is 1. The highest BCUT2D eigenvalue weighted by molar-refractivity contribution is 5.96. The van der Waals surface area contributed by atoms with Crippen molar-refractivity contribution in [3.63, 3.8) is 0 Å². The zero-order chi connectivity index (χ0) is 18.8. The van der Waals surface area contributed by atoms with Gasteiger partial charge in [0.1, 0.15) is 0 Å². The van der Waals surface area contributed by atoms with E-state index in [4.69, 9.17) is 0 Å². The predicted molar refractivity (Wildman–Crippen MR) is 101 cm³/mol. The number of nitrogens with zero attached hydrogens (tertiary/aromatic N) is 2. The first-order valence-electron chi connectivity index (χ1n) is 8.84. The summed E-state index contributed by atoms with van der Waals surface area (Å²) >= 11 is 0. The molecule has 27 heavy (non-hydrogen) atoms. The van der Waals surface area contributed by atoms with Crippen LogP contribution in [-0.2, 0) is 4.79 Å². The van der Waals surface area contributed by atoms with E-state index in [2.05, 4.69) is 37.0 Å². The average Bonchev–Trinajstić information content (AvgIpc) is 3.29. The van der Waals surface area contributed by atoms with Crippen molar-refractivity contribution >= 4 is 11.6 Å². The van der Waals surface area contributed by atoms with Crippen molar-refractivity contribution in [2.45, 2.75) is 18.4 Å². The van der Waals surface area contributed by atoms with E-state index in [9.17, 15) is 9.59 Å². The van der Waals surface area contributed by atoms with Crippen LogP contribution < -0.4 is 11.1 Å². The summed E-state index contributed by atoms with van der Waals surface area (Å²) < 4.78 is 4.51. The Bertz CT molecular complexity index is 978. The molecule has 7 nitrogen and oxygen atoms in total. The molecule has 2 aromatic carbocycles. The standard InChI is InChI=1S/C20H20N4O3/c1-24-12-11-16(13-5-3-2-4-6-13)17(24)19(25)21-15-9-7-14(8-10-15)18-22-20(26)27-23-18/h2-10,16-17H,11-12H2,1H3,(H,21,25)(H,22,23,26)/t16-,17-/m0/s1. The van der Waals surface area contributed by atoms with Crippen molar-refractivity contribution in [2.24, 2.45) is 0 Å². The normalized spacial score (nSPS) is 19.9. The van der Waals surface area contributed by atoms with Crippen LogP contribution in [0.4, 0.5) is 5.69 Å². The maximum atomic E-state index is 12.9. The van der Waals surface area contributed by atoms with Gasteiger partial charge < -0.3 is 5.32 Å². The highest BCUT2D eigenvalue weighted by atomic mass is 16.5. The number of H-pyrrole nitrogens is 1. The Labute approximate surface area is 156 Å². The van der Waals surface area contributed by atoms with Crippen LogP contribution in [0.3, 0.4) is 0 Å². The lowest BCUT2D eigenvalue weighted by molar-refractivity contribution is -0.120. The summed E-state index contributed by atoms with van der Waals surface area (Å²) in [6.45, 7) is 0.885. The van der Waals surface area contributed by atoms with Gasteiger partial charge in [-0.1, -0.05) is 35.5 Å². The van der Waals surface area contributed by atoms with Gasteiger partial charge in [-0.3, -0.25) is 19.2 Å². The maximum absolute atomic E-state index is 12.9. The summed E-state index contributed by atoms with van der Waals surface area (Å²) in [4.78, 5) is 28.6. The zero-order valence-electron chi connectivity index (χ0n) is 14.9. The molecule has 3 aromatic rings. The summed E-state index contributed by atoms with van der Waals surface area (Å²) in [5, 5.41) is 6.66. The van der Waals surface area contributed by atoms with Gasteiger partial charge in [-0.15, -0.1) is 0 Å². The van der Waals surface area contributed by atoms with Crippen LogP contribution in [0.5, 0.6) is 0 Å². The van der Waals surface area contributed by atoms with E-state index in [1.165, 1.54) is 5.56 Å². The molecule has 0 bridgehead atoms. The molecule has 1 fully saturated rings. The molecule has 2 N–H and O–H groups in total. The largest absolute Gasteiger partial charge is 0.439 e. The van der Waals surface area contributed by atoms with E-state index < -0.39 is 5.76 Å². The number of anilines is 1. The molecule has 0 spiro atoms. The fourth-order valence-electron chi connectivity index (χ4n) is 3.66. The number of hydrogen-bond acceptors (Lipinski definition) is 5. The summed E-state index contributed by atoms with van der Waals surface area (Å²) in [5.74, 6) is -0.0849. The molecule has 7 heteroatoms. The second-order valence-electron chi connectivity index (χ2n) is 6.74. The molecule has 0 radical (unpaired) electrons. The van der Waals surface area contributed by atoms with E-state index in [-0.39, 0.29) is 17.9 Å². The summed E-state index contributed by atoms with van der Waals surface area (Å²) in [6, 6.07) is 17.1. The first kappa shape index (κ1) is 17.2. The lowest BCUT2D eigenvalue weighted by Crippen LogP contribution is -2.40. The molecule has 1 aliphatic rings. The predicted octanol–water partition coefficient (Wildman–Crippen LogP) is 2.46. The molecule has 138 valence electrons. The monoisotopic (exact) mass is 364 g/mol. The van der Waals surface area contributed by atoms with E-state index >= 15 is 0 Å². The quantitative estimate of drug-likeness (QED) is 0.742. The van der Waals surface area contributed by atoms with Crippen molar-refractivity contribution in [3.8, 4) is 11.4 Å². The second-order valence-corrected chi connectivity index (χ2v) is 6.74. The smallest absolute Gasteiger partial charge is 0.325 e. The molecular formula is C20H20N4O3. The van der Waals surface area contributed by atoms with E-state index in [1.807, 2.05) is 25.2 Å². The summed E-state index contributed by atoms with van der Waals surface area (Å²) in [6.07, 6.45) is 0.955. The number of hydrogen-bond donors (Lipinski definition) is 2. The third-order valence-corrected chi connectivity index (χ3v) is 5.01. The Kier molecular flexibility index (Phi) is 4.60. The van der Waals surface area contributed by atoms with Crippen molar-refractivity contribution in [2.75, 3.05) is 18.9 Å². The number of amides is 1. The van der Waals surface area contributed by atoms with E-state index in [1.54, 1.807) is 24.3 Å². The van der Waals surface area contributed by atoms with Crippen LogP contribution in [-0.4, -0.2) is 40.6 Å². The number of nitrogens with one attached hydrogen (secondary N) is 2. The minimum atomic E-state index is -0.599. The van der Waals surface area contributed by atoms with Crippen molar-refractivity contribution in [3.05, 3.63) is 70.7 Å². The first-order chi connectivity index (χ1) is 13.1. The van der Waals surface area contributed by atoms with Crippen molar-refractivity contribution in [1.29, 1.82) is 0 Å². The number of aromatic nitrogens is 2. The number of carbonyl (C=O) groups excluding carboxylic acids is 1. The topological polar surface area (TPSA) is 91.2 Å². The van der Waals surface area contributed by atoms with E-state index in [0.29, 0.717) is 17.1 Å². The lowest BCUT2D eigenvalue weighted by atomic mass is 9.91. The molecule has 0 aliphatic carbocycles. The van der Waals surface area contributed by atoms with Gasteiger partial charge in [0.15, 0.2) is 5.82 Å². The molecule has 1 saturated heterocycles. The van der Waals surface area contributed by atoms with Crippen molar-refractivity contribution < 1.29 is 9.32 Å². The third kappa shape index (κ3) is 3.54. The number of benzene rings is 2. The zero-order valence-corrected chi connectivity index (χ0v) is 14.9. The van der Waals surface area contributed by atoms with Crippen LogP contribution in [0.15, 0.2) is 63.9 Å². The van der Waals surface area contributed by atoms with Gasteiger partial charge in [-0.2, -0.15) is 0 Å². The Morgan fingerprint density at radius 1 is 1.19 bits per heavy atom. The van der Waals surface area contributed by atoms with Gasteiger partial charge in [0.05, 0.1) is 6.04 Å². The highest BCUT2D eigenvalue weighted by Crippen LogP contribution is 2.33. The van der Waals surface area contributed by atoms with Crippen LogP contribution >= 0.6 is 0 Å². The number of aromatic amines is 1. The minimum Gasteiger partial charge on any atom is -0.325 e. The third-order valence-electron chi connectivity index (χ3n) is 5.01. The first-order valence-corrected chi connectivity index (χ1v) is 8.84. The van der Waals surface area contributed by atoms with Gasteiger partial charge in [-0.25, -0.2) is 4.79 Å². The van der Waals surface area contributed by atoms with Gasteiger partial charge in [-0.05, 0) is 49.8 Å². The second kappa shape index (κ2) is 7.20. The molecular weight excluding hydrogens is 344 g/mol. The molecule has 1 amide bonds. The van der Waals surface area contributed by atoms with Crippen LogP contribution in [0, 0.1) is 0 Å². The Morgan fingerprint density at radius 3 is 2.59 bits per heavy atom. The highest BCUT2D eigenvalue weighted by Gasteiger charge is 2.38. The summed E-state index contributed by atoms with van der Waals surface area (Å²) in [7, 11) is 1.98. The molecule has 1 aromatic heterocycles. The number of carbonyl (C=O) groups is 1. The molecule has 0 saturated carbocycles. The minimum absolute atomic E-state index is 0.0218. The van der Waals surface area contributed by atoms with Crippen LogP contribution in [0.2, 0.25) is 0 Å². The van der Waals surface area contributed by atoms with Gasteiger partial charge in [0.2, 0.25) is 5.91 Å². The van der Waals surface area contributed by atoms with Gasteiger partial charge in [0, 0.05) is 17.2 Å². The van der Waals surface area contributed by atoms with Gasteiger partial charge in [0.25, 0.3) is 0 Å². The molecule has 2 atom stereocenters. The fraction of sp³-hybridized carbons (Fsp3) is 0.250. The number of likely N-dealkylation sites (tertiary alicyclic amines) is 1. The Balaban J connectivity index is 1.50. The Morgan fingerprint density at radius 2 is 1.93 bits per heavy atom. The van der Waals surface area contributed by atoms with Crippen molar-refractivity contribution in [1.82, 2.24) is 15.0 Å². The van der Waals surface area contributed by atoms with Crippen LogP contribution in [0.25, 0.3) is 11.4 Å². The molecule has 2 heterocycles. The van der Waals surface area contributed by atoms with E-state index in [0.717, 1.165) is 13.0 Å². The Hall–Kier alpha value is -3.19. The molecule has 0 unspecified atom stereocenters. The number of rotatable bonds is 4. The SMILES string of the molecule is CN1CC[C@@H](c2ccccc2)[C@H]1C(=O)Nc1ccc(-c2noc(=O)[nH]2)cc1. The maximum Gasteiger partial charge on any atom is 0.439 e.